The number of rotatable bonds is 12. The summed E-state index contributed by atoms with van der Waals surface area (Å²) in [6, 6.07) is 10.0. The van der Waals surface area contributed by atoms with Crippen LogP contribution in [0.5, 0.6) is 11.5 Å². The number of carbonyl (C=O) groups excluding carboxylic acids is 1. The molecule has 2 rings (SSSR count). The molecule has 0 aliphatic rings. The van der Waals surface area contributed by atoms with E-state index in [2.05, 4.69) is 4.90 Å². The van der Waals surface area contributed by atoms with Crippen molar-refractivity contribution in [2.75, 3.05) is 45.4 Å². The van der Waals surface area contributed by atoms with Crippen LogP contribution in [0.25, 0.3) is 0 Å². The fourth-order valence-electron chi connectivity index (χ4n) is 3.10. The number of hydrogen-bond acceptors (Lipinski definition) is 8. The van der Waals surface area contributed by atoms with Crippen molar-refractivity contribution in [2.45, 2.75) is 20.5 Å². The van der Waals surface area contributed by atoms with Gasteiger partial charge in [0.25, 0.3) is 5.69 Å². The number of hydrogen-bond donors (Lipinski definition) is 0. The third-order valence-corrected chi connectivity index (χ3v) is 4.70. The minimum Gasteiger partial charge on any atom is -0.493 e. The minimum absolute atomic E-state index is 0.0168. The first-order valence-corrected chi connectivity index (χ1v) is 9.94. The monoisotopic (exact) mass is 432 g/mol. The normalized spacial score (nSPS) is 10.5. The second-order valence-electron chi connectivity index (χ2n) is 6.50. The van der Waals surface area contributed by atoms with Gasteiger partial charge in [-0.2, -0.15) is 0 Å². The standard InChI is InChI=1S/C22H28N2O7/c1-5-23(6-2)18-10-8-7-9-16(18)15-31-22(25)17-13-20(29-4)21(30-12-11-28-3)14-19(17)24(26)27/h7-10,13-14H,5-6,11-12,15H2,1-4H3. The lowest BCUT2D eigenvalue weighted by molar-refractivity contribution is -0.385. The van der Waals surface area contributed by atoms with Crippen molar-refractivity contribution >= 4 is 17.3 Å². The highest BCUT2D eigenvalue weighted by Gasteiger charge is 2.26. The molecule has 0 N–H and O–H groups in total. The van der Waals surface area contributed by atoms with Gasteiger partial charge in [0.1, 0.15) is 18.8 Å². The van der Waals surface area contributed by atoms with Crippen LogP contribution in [0.3, 0.4) is 0 Å². The maximum absolute atomic E-state index is 12.7. The Hall–Kier alpha value is -3.33. The minimum atomic E-state index is -0.817. The molecule has 0 unspecified atom stereocenters. The second-order valence-corrected chi connectivity index (χ2v) is 6.50. The van der Waals surface area contributed by atoms with Crippen LogP contribution in [0, 0.1) is 10.1 Å². The molecule has 0 aromatic heterocycles. The Labute approximate surface area is 181 Å². The molecule has 0 aliphatic carbocycles. The summed E-state index contributed by atoms with van der Waals surface area (Å²) in [6.07, 6.45) is 0. The number of anilines is 1. The van der Waals surface area contributed by atoms with Gasteiger partial charge >= 0.3 is 5.97 Å². The molecule has 0 aliphatic heterocycles. The number of nitro benzene ring substituents is 1. The predicted molar refractivity (Wildman–Crippen MR) is 116 cm³/mol. The molecule has 0 bridgehead atoms. The van der Waals surface area contributed by atoms with Crippen molar-refractivity contribution in [3.8, 4) is 11.5 Å². The summed E-state index contributed by atoms with van der Waals surface area (Å²) in [5.74, 6) is -0.477. The molecule has 0 saturated carbocycles. The predicted octanol–water partition coefficient (Wildman–Crippen LogP) is 3.83. The van der Waals surface area contributed by atoms with Gasteiger partial charge in [0.05, 0.1) is 24.7 Å². The van der Waals surface area contributed by atoms with Crippen LogP contribution in [-0.4, -0.2) is 51.4 Å². The van der Waals surface area contributed by atoms with Crippen molar-refractivity contribution in [3.05, 3.63) is 57.6 Å². The van der Waals surface area contributed by atoms with Gasteiger partial charge in [-0.05, 0) is 19.9 Å². The number of nitrogens with zero attached hydrogens (tertiary/aromatic N) is 2. The number of nitro groups is 1. The van der Waals surface area contributed by atoms with E-state index in [1.54, 1.807) is 0 Å². The SMILES string of the molecule is CCN(CC)c1ccccc1COC(=O)c1cc(OC)c(OCCOC)cc1[N+](=O)[O-]. The van der Waals surface area contributed by atoms with E-state index in [0.717, 1.165) is 30.4 Å². The van der Waals surface area contributed by atoms with Gasteiger partial charge in [-0.25, -0.2) is 4.79 Å². The van der Waals surface area contributed by atoms with Crippen LogP contribution >= 0.6 is 0 Å². The molecule has 0 atom stereocenters. The molecule has 168 valence electrons. The van der Waals surface area contributed by atoms with E-state index < -0.39 is 16.6 Å². The number of benzene rings is 2. The van der Waals surface area contributed by atoms with Gasteiger partial charge in [-0.1, -0.05) is 18.2 Å². The van der Waals surface area contributed by atoms with Gasteiger partial charge in [-0.3, -0.25) is 10.1 Å². The highest BCUT2D eigenvalue weighted by Crippen LogP contribution is 2.35. The topological polar surface area (TPSA) is 100 Å². The van der Waals surface area contributed by atoms with Crippen LogP contribution in [0.1, 0.15) is 29.8 Å². The average Bonchev–Trinajstić information content (AvgIpc) is 2.78. The van der Waals surface area contributed by atoms with E-state index >= 15 is 0 Å². The Morgan fingerprint density at radius 1 is 1.06 bits per heavy atom. The Bertz CT molecular complexity index is 897. The Balaban J connectivity index is 2.28. The van der Waals surface area contributed by atoms with E-state index in [9.17, 15) is 14.9 Å². The second kappa shape index (κ2) is 11.8. The molecule has 9 nitrogen and oxygen atoms in total. The first kappa shape index (κ1) is 23.9. The largest absolute Gasteiger partial charge is 0.493 e. The first-order chi connectivity index (χ1) is 15.0. The van der Waals surface area contributed by atoms with Gasteiger partial charge in [0.15, 0.2) is 11.5 Å². The molecule has 0 radical (unpaired) electrons. The highest BCUT2D eigenvalue weighted by molar-refractivity contribution is 5.95. The summed E-state index contributed by atoms with van der Waals surface area (Å²) in [7, 11) is 2.90. The van der Waals surface area contributed by atoms with E-state index in [0.29, 0.717) is 6.61 Å². The molecule has 9 heteroatoms. The van der Waals surface area contributed by atoms with Crippen molar-refractivity contribution < 1.29 is 28.7 Å². The van der Waals surface area contributed by atoms with E-state index in [4.69, 9.17) is 18.9 Å². The molecule has 0 saturated heterocycles. The zero-order valence-electron chi connectivity index (χ0n) is 18.3. The third-order valence-electron chi connectivity index (χ3n) is 4.70. The lowest BCUT2D eigenvalue weighted by Gasteiger charge is -2.24. The number of methoxy groups -OCH3 is 2. The summed E-state index contributed by atoms with van der Waals surface area (Å²) in [6.45, 7) is 6.14. The molecular weight excluding hydrogens is 404 g/mol. The Morgan fingerprint density at radius 3 is 2.39 bits per heavy atom. The zero-order chi connectivity index (χ0) is 22.8. The van der Waals surface area contributed by atoms with Crippen LogP contribution in [0.2, 0.25) is 0 Å². The van der Waals surface area contributed by atoms with Gasteiger partial charge in [-0.15, -0.1) is 0 Å². The molecule has 0 spiro atoms. The number of ether oxygens (including phenoxy) is 4. The Morgan fingerprint density at radius 2 is 1.77 bits per heavy atom. The molecule has 0 amide bonds. The van der Waals surface area contributed by atoms with E-state index in [-0.39, 0.29) is 30.3 Å². The summed E-state index contributed by atoms with van der Waals surface area (Å²) >= 11 is 0. The molecule has 31 heavy (non-hydrogen) atoms. The summed E-state index contributed by atoms with van der Waals surface area (Å²) in [5.41, 5.74) is 1.14. The molecule has 2 aromatic rings. The average molecular weight is 432 g/mol. The van der Waals surface area contributed by atoms with Crippen LogP contribution < -0.4 is 14.4 Å². The van der Waals surface area contributed by atoms with Crippen LogP contribution in [0.15, 0.2) is 36.4 Å². The lowest BCUT2D eigenvalue weighted by Crippen LogP contribution is -2.23. The molecule has 0 fully saturated rings. The van der Waals surface area contributed by atoms with Gasteiger partial charge < -0.3 is 23.8 Å². The number of para-hydroxylation sites is 1. The van der Waals surface area contributed by atoms with Crippen molar-refractivity contribution in [1.82, 2.24) is 0 Å². The molecule has 2 aromatic carbocycles. The first-order valence-electron chi connectivity index (χ1n) is 9.94. The molecule has 0 heterocycles. The van der Waals surface area contributed by atoms with Gasteiger partial charge in [0.2, 0.25) is 0 Å². The number of carbonyl (C=O) groups is 1. The summed E-state index contributed by atoms with van der Waals surface area (Å²) in [4.78, 5) is 25.8. The van der Waals surface area contributed by atoms with Gasteiger partial charge in [0, 0.05) is 37.5 Å². The highest BCUT2D eigenvalue weighted by atomic mass is 16.6. The van der Waals surface area contributed by atoms with E-state index in [1.807, 2.05) is 38.1 Å². The van der Waals surface area contributed by atoms with Crippen molar-refractivity contribution in [2.24, 2.45) is 0 Å². The Kier molecular flexibility index (Phi) is 9.08. The summed E-state index contributed by atoms with van der Waals surface area (Å²) in [5, 5.41) is 11.6. The quantitative estimate of drug-likeness (QED) is 0.216. The van der Waals surface area contributed by atoms with E-state index in [1.165, 1.54) is 20.3 Å². The fourth-order valence-corrected chi connectivity index (χ4v) is 3.10. The third kappa shape index (κ3) is 6.08. The summed E-state index contributed by atoms with van der Waals surface area (Å²) < 4.78 is 21.1. The maximum Gasteiger partial charge on any atom is 0.345 e. The smallest absolute Gasteiger partial charge is 0.345 e. The van der Waals surface area contributed by atoms with Crippen LogP contribution in [-0.2, 0) is 16.1 Å². The van der Waals surface area contributed by atoms with Crippen molar-refractivity contribution in [1.29, 1.82) is 0 Å². The lowest BCUT2D eigenvalue weighted by atomic mass is 10.1. The number of esters is 1. The zero-order valence-corrected chi connectivity index (χ0v) is 18.3. The maximum atomic E-state index is 12.7. The van der Waals surface area contributed by atoms with Crippen LogP contribution in [0.4, 0.5) is 11.4 Å². The van der Waals surface area contributed by atoms with Crippen molar-refractivity contribution in [3.63, 3.8) is 0 Å². The fraction of sp³-hybridized carbons (Fsp3) is 0.409. The molecular formula is C22H28N2O7.